The van der Waals surface area contributed by atoms with Crippen molar-refractivity contribution in [1.82, 2.24) is 0 Å². The summed E-state index contributed by atoms with van der Waals surface area (Å²) in [5, 5.41) is 8.96. The fourth-order valence-electron chi connectivity index (χ4n) is 4.87. The average molecular weight is 743 g/mol. The van der Waals surface area contributed by atoms with E-state index in [2.05, 4.69) is 12.6 Å². The molecule has 0 aromatic rings. The Morgan fingerprint density at radius 2 is 1.00 bits per heavy atom. The molecule has 2 saturated heterocycles. The standard InChI is InChI=1S/C29H42O18S2/c1-12(31)38-9-20-22(40-14(3)33)24(41-15(4)34)26(43-17(6)36)28(45-20)47-23-21(10-39-13(2)32)46-29(49-11-19(48)8-30)27(44-18(7)37)25(23)42-16(5)35/h19-30,48H,8-11H2,1-7H3/t19?,20-,21-,22-,23-,24+,25+,26-,27-,28-,29+/m1/s1. The molecule has 0 amide bonds. The van der Waals surface area contributed by atoms with E-state index < -0.39 is 121 Å². The lowest BCUT2D eigenvalue weighted by Crippen LogP contribution is -2.66. The van der Waals surface area contributed by atoms with Gasteiger partial charge in [-0.25, -0.2) is 0 Å². The van der Waals surface area contributed by atoms with Crippen LogP contribution in [0.1, 0.15) is 48.5 Å². The SMILES string of the molecule is CC(=O)OC[C@H]1O[C@@H](SCC(S)CO)[C@H](OC(C)=O)[C@@H](OC(C)=O)[C@@H]1O[C@H]1O[C@H](COC(C)=O)[C@@H](OC(C)=O)[C@H](OC(C)=O)[C@H]1OC(C)=O. The monoisotopic (exact) mass is 742 g/mol. The van der Waals surface area contributed by atoms with Crippen molar-refractivity contribution >= 4 is 66.2 Å². The van der Waals surface area contributed by atoms with Crippen molar-refractivity contribution < 1.29 is 86.0 Å². The highest BCUT2D eigenvalue weighted by Crippen LogP contribution is 2.38. The minimum atomic E-state index is -1.77. The second-order valence-electron chi connectivity index (χ2n) is 10.8. The summed E-state index contributed by atoms with van der Waals surface area (Å²) in [5.74, 6) is -5.61. The van der Waals surface area contributed by atoms with Crippen LogP contribution < -0.4 is 0 Å². The first-order valence-corrected chi connectivity index (χ1v) is 16.5. The van der Waals surface area contributed by atoms with E-state index in [9.17, 15) is 38.7 Å². The number of aliphatic hydroxyl groups excluding tert-OH is 1. The second kappa shape index (κ2) is 19.9. The van der Waals surface area contributed by atoms with Gasteiger partial charge in [0.1, 0.15) is 37.0 Å². The predicted molar refractivity (Wildman–Crippen MR) is 166 cm³/mol. The maximum Gasteiger partial charge on any atom is 0.303 e. The minimum absolute atomic E-state index is 0.167. The first kappa shape index (κ1) is 42.0. The molecule has 20 heteroatoms. The van der Waals surface area contributed by atoms with Gasteiger partial charge in [0.15, 0.2) is 36.8 Å². The number of esters is 7. The highest BCUT2D eigenvalue weighted by molar-refractivity contribution is 8.00. The molecule has 0 radical (unpaired) electrons. The molecule has 49 heavy (non-hydrogen) atoms. The van der Waals surface area contributed by atoms with Crippen LogP contribution in [0.5, 0.6) is 0 Å². The second-order valence-corrected chi connectivity index (χ2v) is 12.7. The van der Waals surface area contributed by atoms with E-state index in [0.717, 1.165) is 60.2 Å². The molecule has 2 heterocycles. The number of carbonyl (C=O) groups excluding carboxylic acids is 7. The quantitative estimate of drug-likeness (QED) is 0.124. The van der Waals surface area contributed by atoms with Crippen LogP contribution in [0.3, 0.4) is 0 Å². The Hall–Kier alpha value is -3.17. The molecule has 0 saturated carbocycles. The van der Waals surface area contributed by atoms with Gasteiger partial charge in [0, 0.05) is 59.5 Å². The zero-order valence-corrected chi connectivity index (χ0v) is 29.6. The highest BCUT2D eigenvalue weighted by Gasteiger charge is 2.57. The summed E-state index contributed by atoms with van der Waals surface area (Å²) in [5.41, 5.74) is -1.09. The number of thioether (sulfide) groups is 1. The number of ether oxygens (including phenoxy) is 10. The van der Waals surface area contributed by atoms with Crippen molar-refractivity contribution in [3.05, 3.63) is 0 Å². The van der Waals surface area contributed by atoms with Crippen LogP contribution in [0.25, 0.3) is 0 Å². The first-order valence-electron chi connectivity index (χ1n) is 14.9. The van der Waals surface area contributed by atoms with Gasteiger partial charge in [-0.2, -0.15) is 12.6 Å². The van der Waals surface area contributed by atoms with Gasteiger partial charge in [0.25, 0.3) is 0 Å². The molecule has 1 N–H and O–H groups in total. The summed E-state index contributed by atoms with van der Waals surface area (Å²) >= 11 is 5.32. The van der Waals surface area contributed by atoms with Gasteiger partial charge in [0.2, 0.25) is 0 Å². The molecule has 2 fully saturated rings. The molecule has 18 nitrogen and oxygen atoms in total. The molecule has 0 bridgehead atoms. The molecule has 2 aliphatic heterocycles. The third-order valence-corrected chi connectivity index (χ3v) is 8.44. The van der Waals surface area contributed by atoms with Crippen LogP contribution in [0.15, 0.2) is 0 Å². The Labute approximate surface area is 291 Å². The zero-order valence-electron chi connectivity index (χ0n) is 27.9. The largest absolute Gasteiger partial charge is 0.463 e. The molecule has 0 aliphatic carbocycles. The number of hydrogen-bond donors (Lipinski definition) is 2. The maximum atomic E-state index is 12.5. The summed E-state index contributed by atoms with van der Waals surface area (Å²) in [6.07, 6.45) is -13.7. The molecule has 278 valence electrons. The van der Waals surface area contributed by atoms with Gasteiger partial charge in [-0.05, 0) is 0 Å². The lowest BCUT2D eigenvalue weighted by molar-refractivity contribution is -0.341. The van der Waals surface area contributed by atoms with E-state index in [1.165, 1.54) is 0 Å². The summed E-state index contributed by atoms with van der Waals surface area (Å²) < 4.78 is 56.3. The highest BCUT2D eigenvalue weighted by atomic mass is 32.2. The van der Waals surface area contributed by atoms with Crippen molar-refractivity contribution in [2.45, 2.75) is 114 Å². The minimum Gasteiger partial charge on any atom is -0.463 e. The van der Waals surface area contributed by atoms with E-state index in [1.54, 1.807) is 0 Å². The molecule has 2 aliphatic rings. The molecule has 2 rings (SSSR count). The number of thiol groups is 1. The van der Waals surface area contributed by atoms with Crippen LogP contribution in [0, 0.1) is 0 Å². The van der Waals surface area contributed by atoms with Crippen LogP contribution in [0.2, 0.25) is 0 Å². The van der Waals surface area contributed by atoms with Gasteiger partial charge >= 0.3 is 41.8 Å². The molecular weight excluding hydrogens is 700 g/mol. The Bertz CT molecular complexity index is 1200. The molecule has 11 atom stereocenters. The van der Waals surface area contributed by atoms with E-state index >= 15 is 0 Å². The Morgan fingerprint density at radius 3 is 1.45 bits per heavy atom. The molecule has 0 aromatic heterocycles. The smallest absolute Gasteiger partial charge is 0.303 e. The zero-order chi connectivity index (χ0) is 37.0. The van der Waals surface area contributed by atoms with Crippen LogP contribution in [-0.4, -0.2) is 138 Å². The van der Waals surface area contributed by atoms with E-state index in [-0.39, 0.29) is 12.4 Å². The van der Waals surface area contributed by atoms with Gasteiger partial charge < -0.3 is 52.5 Å². The lowest BCUT2D eigenvalue weighted by Gasteiger charge is -2.48. The maximum absolute atomic E-state index is 12.5. The summed E-state index contributed by atoms with van der Waals surface area (Å²) in [6.45, 7) is 6.16. The van der Waals surface area contributed by atoms with Gasteiger partial charge in [-0.3, -0.25) is 33.6 Å². The van der Waals surface area contributed by atoms with Crippen LogP contribution >= 0.6 is 24.4 Å². The Balaban J connectivity index is 2.72. The van der Waals surface area contributed by atoms with E-state index in [0.29, 0.717) is 0 Å². The lowest BCUT2D eigenvalue weighted by atomic mass is 9.96. The van der Waals surface area contributed by atoms with Crippen molar-refractivity contribution in [3.8, 4) is 0 Å². The third kappa shape index (κ3) is 13.6. The number of hydrogen-bond acceptors (Lipinski definition) is 20. The molecule has 0 aromatic carbocycles. The van der Waals surface area contributed by atoms with Crippen molar-refractivity contribution in [1.29, 1.82) is 0 Å². The summed E-state index contributed by atoms with van der Waals surface area (Å²) in [7, 11) is 0. The summed E-state index contributed by atoms with van der Waals surface area (Å²) in [4.78, 5) is 85.0. The van der Waals surface area contributed by atoms with Crippen molar-refractivity contribution in [3.63, 3.8) is 0 Å². The fourth-order valence-corrected chi connectivity index (χ4v) is 6.26. The number of aliphatic hydroxyl groups is 1. The van der Waals surface area contributed by atoms with E-state index in [1.807, 2.05) is 0 Å². The Morgan fingerprint density at radius 1 is 0.592 bits per heavy atom. The number of carbonyl (C=O) groups is 7. The van der Waals surface area contributed by atoms with Gasteiger partial charge in [-0.15, -0.1) is 11.8 Å². The fraction of sp³-hybridized carbons (Fsp3) is 0.759. The van der Waals surface area contributed by atoms with E-state index in [4.69, 9.17) is 47.4 Å². The predicted octanol–water partition coefficient (Wildman–Crippen LogP) is -0.370. The molecular formula is C29H42O18S2. The molecule has 0 spiro atoms. The topological polar surface area (TPSA) is 232 Å². The van der Waals surface area contributed by atoms with Gasteiger partial charge in [0.05, 0.1) is 6.61 Å². The van der Waals surface area contributed by atoms with Crippen LogP contribution in [-0.2, 0) is 80.9 Å². The average Bonchev–Trinajstić information content (AvgIpc) is 2.97. The van der Waals surface area contributed by atoms with Gasteiger partial charge in [-0.1, -0.05) is 0 Å². The van der Waals surface area contributed by atoms with Crippen molar-refractivity contribution in [2.24, 2.45) is 0 Å². The normalized spacial score (nSPS) is 30.1. The summed E-state index contributed by atoms with van der Waals surface area (Å²) in [6, 6.07) is 0. The Kier molecular flexibility index (Phi) is 17.0. The van der Waals surface area contributed by atoms with Crippen LogP contribution in [0.4, 0.5) is 0 Å². The first-order chi connectivity index (χ1) is 22.9. The molecule has 1 unspecified atom stereocenters. The number of rotatable bonds is 15. The van der Waals surface area contributed by atoms with Crippen molar-refractivity contribution in [2.75, 3.05) is 25.6 Å². The third-order valence-electron chi connectivity index (χ3n) is 6.55.